The van der Waals surface area contributed by atoms with E-state index < -0.39 is 0 Å². The van der Waals surface area contributed by atoms with Crippen molar-refractivity contribution in [1.82, 2.24) is 25.1 Å². The second kappa shape index (κ2) is 8.78. The van der Waals surface area contributed by atoms with Crippen LogP contribution < -0.4 is 19.7 Å². The summed E-state index contributed by atoms with van der Waals surface area (Å²) in [5.41, 5.74) is 5.23. The maximum Gasteiger partial charge on any atom is 0.124 e. The zero-order chi connectivity index (χ0) is 22.8. The van der Waals surface area contributed by atoms with Crippen molar-refractivity contribution in [2.75, 3.05) is 38.8 Å². The van der Waals surface area contributed by atoms with Crippen molar-refractivity contribution in [3.05, 3.63) is 55.0 Å². The minimum atomic E-state index is 0.581. The number of nitrogens with zero attached hydrogens (tertiary/aromatic N) is 6. The van der Waals surface area contributed by atoms with E-state index in [9.17, 15) is 0 Å². The van der Waals surface area contributed by atoms with Crippen molar-refractivity contribution in [3.63, 3.8) is 0 Å². The fourth-order valence-corrected chi connectivity index (χ4v) is 3.84. The summed E-state index contributed by atoms with van der Waals surface area (Å²) in [6, 6.07) is 11.9. The van der Waals surface area contributed by atoms with E-state index in [2.05, 4.69) is 25.3 Å². The SMILES string of the molecule is COc1cc(OC)cc(N(CC2=NCCN2)c2ccc3ncc(-c4cnn(C)c4)nc3c2)c1. The monoisotopic (exact) mass is 443 g/mol. The molecule has 0 amide bonds. The largest absolute Gasteiger partial charge is 0.497 e. The highest BCUT2D eigenvalue weighted by atomic mass is 16.5. The number of aliphatic imine (C=N–C) groups is 1. The lowest BCUT2D eigenvalue weighted by molar-refractivity contribution is 0.394. The molecule has 0 radical (unpaired) electrons. The van der Waals surface area contributed by atoms with Crippen molar-refractivity contribution >= 4 is 28.2 Å². The lowest BCUT2D eigenvalue weighted by Gasteiger charge is -2.26. The van der Waals surface area contributed by atoms with Crippen LogP contribution in [-0.4, -0.2) is 59.4 Å². The lowest BCUT2D eigenvalue weighted by atomic mass is 10.2. The van der Waals surface area contributed by atoms with E-state index >= 15 is 0 Å². The van der Waals surface area contributed by atoms with Gasteiger partial charge in [-0.3, -0.25) is 14.7 Å². The van der Waals surface area contributed by atoms with E-state index in [0.717, 1.165) is 64.1 Å². The topological polar surface area (TPSA) is 89.7 Å². The van der Waals surface area contributed by atoms with E-state index in [1.165, 1.54) is 0 Å². The summed E-state index contributed by atoms with van der Waals surface area (Å²) in [5, 5.41) is 7.61. The molecule has 168 valence electrons. The number of hydrogen-bond donors (Lipinski definition) is 1. The van der Waals surface area contributed by atoms with Crippen LogP contribution in [0, 0.1) is 0 Å². The van der Waals surface area contributed by atoms with Crippen LogP contribution in [0.25, 0.3) is 22.3 Å². The number of rotatable bonds is 7. The van der Waals surface area contributed by atoms with Gasteiger partial charge in [0, 0.05) is 54.9 Å². The molecule has 0 saturated carbocycles. The zero-order valence-corrected chi connectivity index (χ0v) is 18.8. The Hall–Kier alpha value is -4.14. The first kappa shape index (κ1) is 20.7. The Labute approximate surface area is 191 Å². The van der Waals surface area contributed by atoms with Crippen LogP contribution in [-0.2, 0) is 7.05 Å². The predicted octanol–water partition coefficient (Wildman–Crippen LogP) is 3.19. The van der Waals surface area contributed by atoms with Gasteiger partial charge < -0.3 is 19.7 Å². The molecule has 0 bridgehead atoms. The quantitative estimate of drug-likeness (QED) is 0.469. The minimum absolute atomic E-state index is 0.581. The molecular formula is C24H25N7O2. The third-order valence-corrected chi connectivity index (χ3v) is 5.54. The molecule has 0 atom stereocenters. The standard InChI is InChI=1S/C24H25N7O2/c1-30-14-16(12-28-30)23-13-27-21-5-4-17(10-22(21)29-23)31(15-24-25-6-7-26-24)18-8-19(32-2)11-20(9-18)33-3/h4-5,8-14H,6-7,15H2,1-3H3,(H,25,26). The fraction of sp³-hybridized carbons (Fsp3) is 0.250. The Kier molecular flexibility index (Phi) is 5.52. The van der Waals surface area contributed by atoms with E-state index in [4.69, 9.17) is 14.5 Å². The number of ether oxygens (including phenoxy) is 2. The average Bonchev–Trinajstić information content (AvgIpc) is 3.53. The van der Waals surface area contributed by atoms with Crippen LogP contribution in [0.5, 0.6) is 11.5 Å². The van der Waals surface area contributed by atoms with Crippen molar-refractivity contribution in [1.29, 1.82) is 0 Å². The number of benzene rings is 2. The second-order valence-electron chi connectivity index (χ2n) is 7.74. The molecule has 1 aliphatic rings. The molecular weight excluding hydrogens is 418 g/mol. The Morgan fingerprint density at radius 1 is 1.00 bits per heavy atom. The van der Waals surface area contributed by atoms with Crippen LogP contribution in [0.4, 0.5) is 11.4 Å². The Morgan fingerprint density at radius 3 is 2.48 bits per heavy atom. The number of nitrogens with one attached hydrogen (secondary N) is 1. The smallest absolute Gasteiger partial charge is 0.124 e. The molecule has 2 aromatic heterocycles. The van der Waals surface area contributed by atoms with Crippen molar-refractivity contribution in [2.45, 2.75) is 0 Å². The number of aryl methyl sites for hydroxylation is 1. The van der Waals surface area contributed by atoms with Crippen LogP contribution in [0.15, 0.2) is 60.0 Å². The van der Waals surface area contributed by atoms with Gasteiger partial charge in [0.15, 0.2) is 0 Å². The molecule has 0 fully saturated rings. The highest BCUT2D eigenvalue weighted by Gasteiger charge is 2.18. The van der Waals surface area contributed by atoms with Gasteiger partial charge in [-0.2, -0.15) is 5.10 Å². The van der Waals surface area contributed by atoms with Gasteiger partial charge in [0.05, 0.1) is 56.4 Å². The molecule has 5 rings (SSSR count). The van der Waals surface area contributed by atoms with Crippen LogP contribution in [0.3, 0.4) is 0 Å². The number of amidine groups is 1. The molecule has 1 aliphatic heterocycles. The number of hydrogen-bond acceptors (Lipinski definition) is 8. The first-order valence-corrected chi connectivity index (χ1v) is 10.7. The van der Waals surface area contributed by atoms with E-state index in [-0.39, 0.29) is 0 Å². The molecule has 9 heteroatoms. The highest BCUT2D eigenvalue weighted by Crippen LogP contribution is 2.34. The van der Waals surface area contributed by atoms with Crippen LogP contribution in [0.2, 0.25) is 0 Å². The summed E-state index contributed by atoms with van der Waals surface area (Å²) in [6.45, 7) is 2.21. The molecule has 4 aromatic rings. The average molecular weight is 444 g/mol. The van der Waals surface area contributed by atoms with Gasteiger partial charge in [0.25, 0.3) is 0 Å². The van der Waals surface area contributed by atoms with Crippen molar-refractivity contribution in [2.24, 2.45) is 12.0 Å². The summed E-state index contributed by atoms with van der Waals surface area (Å²) in [5.74, 6) is 2.37. The molecule has 0 saturated heterocycles. The highest BCUT2D eigenvalue weighted by molar-refractivity contribution is 5.91. The van der Waals surface area contributed by atoms with Crippen molar-refractivity contribution < 1.29 is 9.47 Å². The molecule has 0 spiro atoms. The maximum atomic E-state index is 5.51. The van der Waals surface area contributed by atoms with E-state index in [1.54, 1.807) is 31.3 Å². The van der Waals surface area contributed by atoms with Gasteiger partial charge in [-0.15, -0.1) is 0 Å². The van der Waals surface area contributed by atoms with E-state index in [0.29, 0.717) is 6.54 Å². The normalized spacial score (nSPS) is 13.0. The van der Waals surface area contributed by atoms with Crippen molar-refractivity contribution in [3.8, 4) is 22.8 Å². The summed E-state index contributed by atoms with van der Waals surface area (Å²) < 4.78 is 12.8. The third kappa shape index (κ3) is 4.30. The molecule has 1 N–H and O–H groups in total. The summed E-state index contributed by atoms with van der Waals surface area (Å²) >= 11 is 0. The van der Waals surface area contributed by atoms with Crippen LogP contribution in [0.1, 0.15) is 0 Å². The van der Waals surface area contributed by atoms with Gasteiger partial charge in [0.1, 0.15) is 17.3 Å². The number of aromatic nitrogens is 4. The zero-order valence-electron chi connectivity index (χ0n) is 18.8. The minimum Gasteiger partial charge on any atom is -0.497 e. The Bertz CT molecular complexity index is 1310. The van der Waals surface area contributed by atoms with Gasteiger partial charge in [-0.05, 0) is 18.2 Å². The number of fused-ring (bicyclic) bond motifs is 1. The summed E-state index contributed by atoms with van der Waals surface area (Å²) in [6.07, 6.45) is 5.50. The van der Waals surface area contributed by atoms with Gasteiger partial charge in [0.2, 0.25) is 0 Å². The maximum absolute atomic E-state index is 5.51. The van der Waals surface area contributed by atoms with Gasteiger partial charge in [-0.1, -0.05) is 0 Å². The summed E-state index contributed by atoms with van der Waals surface area (Å²) in [4.78, 5) is 16.2. The van der Waals surface area contributed by atoms with Gasteiger partial charge in [-0.25, -0.2) is 4.98 Å². The van der Waals surface area contributed by atoms with Gasteiger partial charge >= 0.3 is 0 Å². The second-order valence-corrected chi connectivity index (χ2v) is 7.74. The first-order chi connectivity index (χ1) is 16.1. The predicted molar refractivity (Wildman–Crippen MR) is 129 cm³/mol. The Balaban J connectivity index is 1.60. The molecule has 0 unspecified atom stereocenters. The fourth-order valence-electron chi connectivity index (χ4n) is 3.84. The molecule has 3 heterocycles. The number of methoxy groups -OCH3 is 2. The Morgan fingerprint density at radius 2 is 1.82 bits per heavy atom. The number of anilines is 2. The van der Waals surface area contributed by atoms with E-state index in [1.807, 2.05) is 49.6 Å². The van der Waals surface area contributed by atoms with Crippen LogP contribution >= 0.6 is 0 Å². The third-order valence-electron chi connectivity index (χ3n) is 5.54. The molecule has 0 aliphatic carbocycles. The first-order valence-electron chi connectivity index (χ1n) is 10.7. The molecule has 2 aromatic carbocycles. The lowest BCUT2D eigenvalue weighted by Crippen LogP contribution is -2.32. The summed E-state index contributed by atoms with van der Waals surface area (Å²) in [7, 11) is 5.18. The molecule has 33 heavy (non-hydrogen) atoms. The molecule has 9 nitrogen and oxygen atoms in total.